The number of benzene rings is 1. The molecule has 0 unspecified atom stereocenters. The third-order valence-corrected chi connectivity index (χ3v) is 2.61. The number of hydrogen-bond acceptors (Lipinski definition) is 3. The van der Waals surface area contributed by atoms with Crippen molar-refractivity contribution in [1.82, 2.24) is 10.6 Å². The van der Waals surface area contributed by atoms with Crippen LogP contribution in [0.2, 0.25) is 0 Å². The Balaban J connectivity index is 2.62. The van der Waals surface area contributed by atoms with Gasteiger partial charge in [-0.2, -0.15) is 0 Å². The summed E-state index contributed by atoms with van der Waals surface area (Å²) in [6.07, 6.45) is 1.25. The summed E-state index contributed by atoms with van der Waals surface area (Å²) in [7, 11) is 1.31. The van der Waals surface area contributed by atoms with E-state index in [0.717, 1.165) is 12.0 Å². The number of nitrogens with one attached hydrogen (secondary N) is 2. The largest absolute Gasteiger partial charge is 0.467 e. The fourth-order valence-corrected chi connectivity index (χ4v) is 1.63. The molecule has 2 amide bonds. The van der Waals surface area contributed by atoms with Gasteiger partial charge in [0.25, 0.3) is 0 Å². The summed E-state index contributed by atoms with van der Waals surface area (Å²) in [4.78, 5) is 23.3. The summed E-state index contributed by atoms with van der Waals surface area (Å²) in [5, 5.41) is 5.30. The third kappa shape index (κ3) is 5.42. The second-order valence-electron chi connectivity index (χ2n) is 4.17. The maximum atomic E-state index is 11.7. The Morgan fingerprint density at radius 2 is 1.95 bits per heavy atom. The van der Waals surface area contributed by atoms with Crippen molar-refractivity contribution in [3.63, 3.8) is 0 Å². The van der Waals surface area contributed by atoms with Gasteiger partial charge in [-0.3, -0.25) is 0 Å². The molecule has 0 bridgehead atoms. The fraction of sp³-hybridized carbons (Fsp3) is 0.429. The average molecular weight is 264 g/mol. The molecule has 0 aliphatic heterocycles. The van der Waals surface area contributed by atoms with E-state index in [1.54, 1.807) is 0 Å². The quantitative estimate of drug-likeness (QED) is 0.765. The lowest BCUT2D eigenvalue weighted by Crippen LogP contribution is -2.47. The van der Waals surface area contributed by atoms with E-state index in [0.29, 0.717) is 13.0 Å². The number of rotatable bonds is 6. The second kappa shape index (κ2) is 8.13. The Kier molecular flexibility index (Phi) is 6.43. The average Bonchev–Trinajstić information content (AvgIpc) is 2.44. The Bertz CT molecular complexity index is 406. The molecule has 0 aromatic heterocycles. The van der Waals surface area contributed by atoms with Crippen LogP contribution in [0, 0.1) is 0 Å². The predicted octanol–water partition coefficient (Wildman–Crippen LogP) is 1.48. The van der Waals surface area contributed by atoms with Gasteiger partial charge in [-0.1, -0.05) is 37.3 Å². The van der Waals surface area contributed by atoms with Crippen molar-refractivity contribution in [2.45, 2.75) is 25.8 Å². The van der Waals surface area contributed by atoms with Crippen molar-refractivity contribution in [1.29, 1.82) is 0 Å². The lowest BCUT2D eigenvalue weighted by Gasteiger charge is -2.17. The molecule has 0 aliphatic rings. The summed E-state index contributed by atoms with van der Waals surface area (Å²) in [5.74, 6) is -0.449. The first-order valence-electron chi connectivity index (χ1n) is 6.33. The zero-order chi connectivity index (χ0) is 14.1. The minimum atomic E-state index is -0.677. The number of carbonyl (C=O) groups is 2. The highest BCUT2D eigenvalue weighted by molar-refractivity contribution is 5.83. The monoisotopic (exact) mass is 264 g/mol. The van der Waals surface area contributed by atoms with Crippen LogP contribution in [-0.4, -0.2) is 31.7 Å². The summed E-state index contributed by atoms with van der Waals surface area (Å²) in [6, 6.07) is 8.46. The van der Waals surface area contributed by atoms with E-state index in [1.807, 2.05) is 37.3 Å². The van der Waals surface area contributed by atoms with E-state index < -0.39 is 12.0 Å². The summed E-state index contributed by atoms with van der Waals surface area (Å²) >= 11 is 0. The molecule has 1 atom stereocenters. The molecule has 0 saturated carbocycles. The number of carbonyl (C=O) groups excluding carboxylic acids is 2. The molecule has 2 N–H and O–H groups in total. The van der Waals surface area contributed by atoms with Crippen molar-refractivity contribution >= 4 is 12.0 Å². The van der Waals surface area contributed by atoms with Crippen molar-refractivity contribution in [2.75, 3.05) is 13.7 Å². The molecule has 0 fully saturated rings. The van der Waals surface area contributed by atoms with E-state index in [-0.39, 0.29) is 6.03 Å². The number of ether oxygens (including phenoxy) is 1. The zero-order valence-corrected chi connectivity index (χ0v) is 11.3. The van der Waals surface area contributed by atoms with E-state index in [4.69, 9.17) is 4.74 Å². The highest BCUT2D eigenvalue weighted by atomic mass is 16.5. The molecule has 0 heterocycles. The number of urea groups is 1. The maximum Gasteiger partial charge on any atom is 0.328 e. The maximum absolute atomic E-state index is 11.7. The van der Waals surface area contributed by atoms with Crippen LogP contribution < -0.4 is 10.6 Å². The standard InChI is InChI=1S/C14H20N2O3/c1-3-9-15-14(18)16-12(13(17)19-2)10-11-7-5-4-6-8-11/h4-8,12H,3,9-10H2,1-2H3,(H2,15,16,18)/t12-/m0/s1. The first-order chi connectivity index (χ1) is 9.17. The summed E-state index contributed by atoms with van der Waals surface area (Å²) in [6.45, 7) is 2.53. The van der Waals surface area contributed by atoms with Gasteiger partial charge in [0, 0.05) is 13.0 Å². The fourth-order valence-electron chi connectivity index (χ4n) is 1.63. The zero-order valence-electron chi connectivity index (χ0n) is 11.3. The van der Waals surface area contributed by atoms with Gasteiger partial charge < -0.3 is 15.4 Å². The normalized spacial score (nSPS) is 11.5. The smallest absolute Gasteiger partial charge is 0.328 e. The van der Waals surface area contributed by atoms with Gasteiger partial charge >= 0.3 is 12.0 Å². The number of amides is 2. The highest BCUT2D eigenvalue weighted by Crippen LogP contribution is 2.04. The van der Waals surface area contributed by atoms with Crippen molar-refractivity contribution in [3.05, 3.63) is 35.9 Å². The van der Waals surface area contributed by atoms with Crippen LogP contribution >= 0.6 is 0 Å². The molecule has 1 aromatic rings. The Labute approximate surface area is 113 Å². The van der Waals surface area contributed by atoms with Crippen molar-refractivity contribution < 1.29 is 14.3 Å². The SMILES string of the molecule is CCCNC(=O)N[C@@H](Cc1ccccc1)C(=O)OC. The first-order valence-corrected chi connectivity index (χ1v) is 6.33. The summed E-state index contributed by atoms with van der Waals surface area (Å²) in [5.41, 5.74) is 0.966. The van der Waals surface area contributed by atoms with Crippen LogP contribution in [0.4, 0.5) is 4.79 Å². The van der Waals surface area contributed by atoms with Gasteiger partial charge in [0.05, 0.1) is 7.11 Å². The van der Waals surface area contributed by atoms with Gasteiger partial charge in [0.2, 0.25) is 0 Å². The minimum Gasteiger partial charge on any atom is -0.467 e. The van der Waals surface area contributed by atoms with Gasteiger partial charge in [-0.15, -0.1) is 0 Å². The van der Waals surface area contributed by atoms with E-state index >= 15 is 0 Å². The predicted molar refractivity (Wildman–Crippen MR) is 72.8 cm³/mol. The molecule has 0 aliphatic carbocycles. The van der Waals surface area contributed by atoms with Crippen LogP contribution in [0.5, 0.6) is 0 Å². The van der Waals surface area contributed by atoms with E-state index in [2.05, 4.69) is 10.6 Å². The van der Waals surface area contributed by atoms with Gasteiger partial charge in [0.15, 0.2) is 0 Å². The molecular formula is C14H20N2O3. The van der Waals surface area contributed by atoms with Crippen LogP contribution in [0.3, 0.4) is 0 Å². The Hall–Kier alpha value is -2.04. The Morgan fingerprint density at radius 3 is 2.53 bits per heavy atom. The molecule has 19 heavy (non-hydrogen) atoms. The molecule has 5 nitrogen and oxygen atoms in total. The minimum absolute atomic E-state index is 0.354. The number of hydrogen-bond donors (Lipinski definition) is 2. The van der Waals surface area contributed by atoms with Crippen LogP contribution in [0.25, 0.3) is 0 Å². The van der Waals surface area contributed by atoms with Crippen LogP contribution in [-0.2, 0) is 16.0 Å². The molecular weight excluding hydrogens is 244 g/mol. The third-order valence-electron chi connectivity index (χ3n) is 2.61. The molecule has 5 heteroatoms. The topological polar surface area (TPSA) is 67.4 Å². The molecule has 0 radical (unpaired) electrons. The lowest BCUT2D eigenvalue weighted by atomic mass is 10.1. The van der Waals surface area contributed by atoms with Gasteiger partial charge in [-0.25, -0.2) is 9.59 Å². The van der Waals surface area contributed by atoms with E-state index in [9.17, 15) is 9.59 Å². The Morgan fingerprint density at radius 1 is 1.26 bits per heavy atom. The van der Waals surface area contributed by atoms with Crippen LogP contribution in [0.15, 0.2) is 30.3 Å². The van der Waals surface area contributed by atoms with Crippen molar-refractivity contribution in [2.24, 2.45) is 0 Å². The van der Waals surface area contributed by atoms with Crippen LogP contribution in [0.1, 0.15) is 18.9 Å². The number of esters is 1. The van der Waals surface area contributed by atoms with Crippen molar-refractivity contribution in [3.8, 4) is 0 Å². The van der Waals surface area contributed by atoms with E-state index in [1.165, 1.54) is 7.11 Å². The second-order valence-corrected chi connectivity index (χ2v) is 4.17. The lowest BCUT2D eigenvalue weighted by molar-refractivity contribution is -0.142. The number of methoxy groups -OCH3 is 1. The molecule has 1 rings (SSSR count). The molecule has 0 saturated heterocycles. The molecule has 0 spiro atoms. The summed E-state index contributed by atoms with van der Waals surface area (Å²) < 4.78 is 4.71. The van der Waals surface area contributed by atoms with Gasteiger partial charge in [-0.05, 0) is 12.0 Å². The first kappa shape index (κ1) is 15.0. The molecule has 104 valence electrons. The van der Waals surface area contributed by atoms with Gasteiger partial charge in [0.1, 0.15) is 6.04 Å². The molecule has 1 aromatic carbocycles. The highest BCUT2D eigenvalue weighted by Gasteiger charge is 2.21.